The lowest BCUT2D eigenvalue weighted by Crippen LogP contribution is -2.30. The summed E-state index contributed by atoms with van der Waals surface area (Å²) in [5.74, 6) is -0.968. The van der Waals surface area contributed by atoms with E-state index < -0.39 is 11.8 Å². The van der Waals surface area contributed by atoms with Crippen LogP contribution in [0.3, 0.4) is 0 Å². The van der Waals surface area contributed by atoms with Crippen molar-refractivity contribution in [2.24, 2.45) is 0 Å². The van der Waals surface area contributed by atoms with E-state index in [2.05, 4.69) is 16.0 Å². The van der Waals surface area contributed by atoms with Gasteiger partial charge >= 0.3 is 0 Å². The van der Waals surface area contributed by atoms with Crippen molar-refractivity contribution in [1.82, 2.24) is 5.32 Å². The molecule has 0 atom stereocenters. The Labute approximate surface area is 178 Å². The van der Waals surface area contributed by atoms with Crippen molar-refractivity contribution in [3.05, 3.63) is 82.8 Å². The van der Waals surface area contributed by atoms with Gasteiger partial charge in [-0.25, -0.2) is 0 Å². The van der Waals surface area contributed by atoms with Gasteiger partial charge < -0.3 is 20.4 Å². The highest BCUT2D eigenvalue weighted by Crippen LogP contribution is 2.24. The van der Waals surface area contributed by atoms with Crippen LogP contribution in [0.25, 0.3) is 0 Å². The zero-order valence-corrected chi connectivity index (χ0v) is 17.1. The zero-order valence-electron chi connectivity index (χ0n) is 16.4. The quantitative estimate of drug-likeness (QED) is 0.538. The fourth-order valence-corrected chi connectivity index (χ4v) is 2.81. The van der Waals surface area contributed by atoms with Gasteiger partial charge in [-0.2, -0.15) is 0 Å². The molecule has 0 aliphatic rings. The van der Waals surface area contributed by atoms with Crippen LogP contribution in [0.1, 0.15) is 45.1 Å². The molecule has 1 heterocycles. The lowest BCUT2D eigenvalue weighted by atomic mass is 10.1. The summed E-state index contributed by atoms with van der Waals surface area (Å²) in [6.07, 6.45) is 1.40. The molecule has 3 N–H and O–H groups in total. The second-order valence-electron chi connectivity index (χ2n) is 6.79. The SMILES string of the molecule is CC(C)NC(=O)c1ccc(Cl)c(NC(=O)c2cccc(NC(=O)c3ccco3)c2)c1. The maximum absolute atomic E-state index is 12.7. The molecule has 0 fully saturated rings. The normalized spacial score (nSPS) is 10.5. The Morgan fingerprint density at radius 2 is 1.63 bits per heavy atom. The second kappa shape index (κ2) is 9.28. The third-order valence-electron chi connectivity index (χ3n) is 4.02. The summed E-state index contributed by atoms with van der Waals surface area (Å²) in [7, 11) is 0. The van der Waals surface area contributed by atoms with Gasteiger partial charge in [0, 0.05) is 22.9 Å². The lowest BCUT2D eigenvalue weighted by Gasteiger charge is -2.12. The van der Waals surface area contributed by atoms with E-state index >= 15 is 0 Å². The predicted octanol–water partition coefficient (Wildman–Crippen LogP) is 4.58. The standard InChI is InChI=1S/C22H20ClN3O4/c1-13(2)24-20(27)15-8-9-17(23)18(12-15)26-21(28)14-5-3-6-16(11-14)25-22(29)19-7-4-10-30-19/h3-13H,1-2H3,(H,24,27)(H,25,29)(H,26,28). The number of hydrogen-bond donors (Lipinski definition) is 3. The molecule has 3 rings (SSSR count). The number of carbonyl (C=O) groups excluding carboxylic acids is 3. The van der Waals surface area contributed by atoms with Crippen molar-refractivity contribution in [3.8, 4) is 0 Å². The van der Waals surface area contributed by atoms with Crippen LogP contribution >= 0.6 is 11.6 Å². The Hall–Kier alpha value is -3.58. The lowest BCUT2D eigenvalue weighted by molar-refractivity contribution is 0.0941. The van der Waals surface area contributed by atoms with E-state index in [0.717, 1.165) is 0 Å². The molecule has 3 aromatic rings. The first-order valence-corrected chi connectivity index (χ1v) is 9.58. The van der Waals surface area contributed by atoms with Crippen molar-refractivity contribution < 1.29 is 18.8 Å². The Morgan fingerprint density at radius 3 is 2.33 bits per heavy atom. The maximum atomic E-state index is 12.7. The monoisotopic (exact) mass is 425 g/mol. The van der Waals surface area contributed by atoms with E-state index in [1.54, 1.807) is 36.4 Å². The highest BCUT2D eigenvalue weighted by Gasteiger charge is 2.14. The summed E-state index contributed by atoms with van der Waals surface area (Å²) < 4.78 is 5.05. The number of halogens is 1. The number of hydrogen-bond acceptors (Lipinski definition) is 4. The van der Waals surface area contributed by atoms with Crippen LogP contribution in [0.4, 0.5) is 11.4 Å². The summed E-state index contributed by atoms with van der Waals surface area (Å²) in [5.41, 5.74) is 1.42. The topological polar surface area (TPSA) is 100 Å². The second-order valence-corrected chi connectivity index (χ2v) is 7.20. The molecule has 30 heavy (non-hydrogen) atoms. The molecule has 0 saturated carbocycles. The van der Waals surface area contributed by atoms with E-state index in [9.17, 15) is 14.4 Å². The van der Waals surface area contributed by atoms with Crippen molar-refractivity contribution in [2.75, 3.05) is 10.6 Å². The Bertz CT molecular complexity index is 1080. The molecule has 0 aliphatic carbocycles. The average Bonchev–Trinajstić information content (AvgIpc) is 3.24. The molecule has 7 nitrogen and oxygen atoms in total. The van der Waals surface area contributed by atoms with Crippen LogP contribution in [0.2, 0.25) is 5.02 Å². The van der Waals surface area contributed by atoms with E-state index in [1.165, 1.54) is 24.5 Å². The minimum atomic E-state index is -0.438. The van der Waals surface area contributed by atoms with Crippen molar-refractivity contribution >= 4 is 40.7 Å². The minimum absolute atomic E-state index is 0.0228. The first-order valence-electron chi connectivity index (χ1n) is 9.20. The van der Waals surface area contributed by atoms with Gasteiger partial charge in [0.05, 0.1) is 17.0 Å². The average molecular weight is 426 g/mol. The van der Waals surface area contributed by atoms with Crippen molar-refractivity contribution in [2.45, 2.75) is 19.9 Å². The van der Waals surface area contributed by atoms with E-state index in [-0.39, 0.29) is 17.7 Å². The number of amides is 3. The Balaban J connectivity index is 1.74. The number of rotatable bonds is 6. The molecule has 0 spiro atoms. The molecule has 0 aliphatic heterocycles. The largest absolute Gasteiger partial charge is 0.459 e. The van der Waals surface area contributed by atoms with Gasteiger partial charge in [0.25, 0.3) is 17.7 Å². The van der Waals surface area contributed by atoms with Gasteiger partial charge in [0.1, 0.15) is 0 Å². The van der Waals surface area contributed by atoms with Gasteiger partial charge in [-0.15, -0.1) is 0 Å². The summed E-state index contributed by atoms with van der Waals surface area (Å²) in [5, 5.41) is 8.45. The smallest absolute Gasteiger partial charge is 0.291 e. The van der Waals surface area contributed by atoms with E-state index in [1.807, 2.05) is 13.8 Å². The number of benzene rings is 2. The highest BCUT2D eigenvalue weighted by atomic mass is 35.5. The summed E-state index contributed by atoms with van der Waals surface area (Å²) >= 11 is 6.18. The molecule has 8 heteroatoms. The minimum Gasteiger partial charge on any atom is -0.459 e. The van der Waals surface area contributed by atoms with Gasteiger partial charge in [0.2, 0.25) is 0 Å². The molecule has 154 valence electrons. The van der Waals surface area contributed by atoms with Crippen LogP contribution in [0.5, 0.6) is 0 Å². The van der Waals surface area contributed by atoms with Gasteiger partial charge in [0.15, 0.2) is 5.76 Å². The third kappa shape index (κ3) is 5.27. The Kier molecular flexibility index (Phi) is 6.54. The van der Waals surface area contributed by atoms with Crippen LogP contribution in [0.15, 0.2) is 65.3 Å². The van der Waals surface area contributed by atoms with Crippen molar-refractivity contribution in [1.29, 1.82) is 0 Å². The van der Waals surface area contributed by atoms with Gasteiger partial charge in [-0.3, -0.25) is 14.4 Å². The maximum Gasteiger partial charge on any atom is 0.291 e. The fraction of sp³-hybridized carbons (Fsp3) is 0.136. The van der Waals surface area contributed by atoms with Crippen molar-refractivity contribution in [3.63, 3.8) is 0 Å². The number of nitrogens with one attached hydrogen (secondary N) is 3. The predicted molar refractivity (Wildman–Crippen MR) is 115 cm³/mol. The molecule has 0 bridgehead atoms. The summed E-state index contributed by atoms with van der Waals surface area (Å²) in [6, 6.07) is 14.2. The first kappa shape index (κ1) is 21.1. The first-order chi connectivity index (χ1) is 14.3. The van der Waals surface area contributed by atoms with E-state index in [4.69, 9.17) is 16.0 Å². The number of furan rings is 1. The fourth-order valence-electron chi connectivity index (χ4n) is 2.64. The molecule has 1 aromatic heterocycles. The molecular weight excluding hydrogens is 406 g/mol. The third-order valence-corrected chi connectivity index (χ3v) is 4.35. The molecule has 2 aromatic carbocycles. The van der Waals surface area contributed by atoms with Crippen LogP contribution < -0.4 is 16.0 Å². The molecule has 3 amide bonds. The van der Waals surface area contributed by atoms with Crippen LogP contribution in [0, 0.1) is 0 Å². The number of carbonyl (C=O) groups is 3. The highest BCUT2D eigenvalue weighted by molar-refractivity contribution is 6.34. The van der Waals surface area contributed by atoms with Crippen LogP contribution in [-0.4, -0.2) is 23.8 Å². The summed E-state index contributed by atoms with van der Waals surface area (Å²) in [6.45, 7) is 3.71. The molecule has 0 saturated heterocycles. The zero-order chi connectivity index (χ0) is 21.7. The molecule has 0 radical (unpaired) electrons. The van der Waals surface area contributed by atoms with Crippen LogP contribution in [-0.2, 0) is 0 Å². The van der Waals surface area contributed by atoms with E-state index in [0.29, 0.717) is 27.5 Å². The Morgan fingerprint density at radius 1 is 0.867 bits per heavy atom. The molecule has 0 unspecified atom stereocenters. The number of anilines is 2. The molecular formula is C22H20ClN3O4. The van der Waals surface area contributed by atoms with Gasteiger partial charge in [-0.1, -0.05) is 17.7 Å². The van der Waals surface area contributed by atoms with Gasteiger partial charge in [-0.05, 0) is 62.4 Å². The summed E-state index contributed by atoms with van der Waals surface area (Å²) in [4.78, 5) is 37.0.